The molecule has 0 bridgehead atoms. The Bertz CT molecular complexity index is 164. The highest BCUT2D eigenvalue weighted by molar-refractivity contribution is 4.86. The average molecular weight is 200 g/mol. The third-order valence-electron chi connectivity index (χ3n) is 2.39. The highest BCUT2D eigenvalue weighted by Crippen LogP contribution is 2.20. The van der Waals surface area contributed by atoms with Crippen molar-refractivity contribution in [1.82, 2.24) is 0 Å². The summed E-state index contributed by atoms with van der Waals surface area (Å²) in [6.45, 7) is 5.76. The van der Waals surface area contributed by atoms with Gasteiger partial charge in [0.05, 0.1) is 12.1 Å². The van der Waals surface area contributed by atoms with Crippen LogP contribution in [0.1, 0.15) is 41.0 Å². The first kappa shape index (κ1) is 13.4. The first-order valence-electron chi connectivity index (χ1n) is 5.56. The van der Waals surface area contributed by atoms with Crippen LogP contribution in [-0.2, 0) is 4.74 Å². The van der Waals surface area contributed by atoms with Gasteiger partial charge in [0.1, 0.15) is 0 Å². The number of hydrogen-bond acceptors (Lipinski definition) is 3. The Balaban J connectivity index is 0. The van der Waals surface area contributed by atoms with Gasteiger partial charge in [-0.3, -0.25) is 0 Å². The third-order valence-corrected chi connectivity index (χ3v) is 2.39. The number of nitrogens with zero attached hydrogens (tertiary/aromatic N) is 1. The number of ether oxygens (including phenoxy) is 1. The van der Waals surface area contributed by atoms with Crippen molar-refractivity contribution in [2.45, 2.75) is 45.6 Å². The lowest BCUT2D eigenvalue weighted by atomic mass is 9.93. The number of rotatable bonds is 3. The van der Waals surface area contributed by atoms with E-state index in [2.05, 4.69) is 6.07 Å². The Morgan fingerprint density at radius 1 is 1.50 bits per heavy atom. The van der Waals surface area contributed by atoms with Crippen LogP contribution in [0.2, 0.25) is 0 Å². The fraction of sp³-hybridized carbons (Fsp3) is 0.909. The molecule has 1 unspecified atom stereocenters. The average Bonchev–Trinajstić information content (AvgIpc) is 2.30. The summed E-state index contributed by atoms with van der Waals surface area (Å²) in [5.74, 6) is 0.734. The zero-order valence-corrected chi connectivity index (χ0v) is 9.33. The molecule has 0 spiro atoms. The Morgan fingerprint density at radius 3 is 2.57 bits per heavy atom. The predicted octanol–water partition coefficient (Wildman–Crippen LogP) is 2.32. The molecule has 1 rings (SSSR count). The first-order valence-corrected chi connectivity index (χ1v) is 5.56. The maximum Gasteiger partial charge on any atom is 0.0928 e. The Morgan fingerprint density at radius 2 is 2.07 bits per heavy atom. The van der Waals surface area contributed by atoms with Crippen molar-refractivity contribution >= 4 is 0 Å². The second-order valence-electron chi connectivity index (χ2n) is 3.37. The summed E-state index contributed by atoms with van der Waals surface area (Å²) < 4.78 is 5.24. The van der Waals surface area contributed by atoms with E-state index in [1.54, 1.807) is 0 Å². The normalized spacial score (nSPS) is 19.0. The lowest BCUT2D eigenvalue weighted by Crippen LogP contribution is -2.21. The van der Waals surface area contributed by atoms with Crippen LogP contribution in [0.4, 0.5) is 0 Å². The minimum absolute atomic E-state index is 0. The van der Waals surface area contributed by atoms with Gasteiger partial charge < -0.3 is 10.5 Å². The Kier molecular flexibility index (Phi) is 8.61. The summed E-state index contributed by atoms with van der Waals surface area (Å²) in [5.41, 5.74) is 5.50. The second-order valence-corrected chi connectivity index (χ2v) is 3.37. The van der Waals surface area contributed by atoms with Gasteiger partial charge in [-0.15, -0.1) is 0 Å². The molecule has 0 radical (unpaired) electrons. The largest absolute Gasteiger partial charge is 0.381 e. The maximum atomic E-state index is 8.46. The van der Waals surface area contributed by atoms with Crippen molar-refractivity contribution in [2.24, 2.45) is 11.7 Å². The molecule has 3 heteroatoms. The van der Waals surface area contributed by atoms with E-state index in [9.17, 15) is 0 Å². The molecule has 0 saturated carbocycles. The van der Waals surface area contributed by atoms with E-state index < -0.39 is 0 Å². The number of nitriles is 1. The van der Waals surface area contributed by atoms with E-state index in [0.717, 1.165) is 44.8 Å². The van der Waals surface area contributed by atoms with Gasteiger partial charge in [0.2, 0.25) is 0 Å². The van der Waals surface area contributed by atoms with Gasteiger partial charge in [0.15, 0.2) is 0 Å². The SMILES string of the molecule is CC.N#CC(N)CCC1CCOCC1.[HH]. The zero-order valence-electron chi connectivity index (χ0n) is 9.33. The summed E-state index contributed by atoms with van der Waals surface area (Å²) >= 11 is 0. The quantitative estimate of drug-likeness (QED) is 0.760. The van der Waals surface area contributed by atoms with Gasteiger partial charge in [-0.1, -0.05) is 13.8 Å². The summed E-state index contributed by atoms with van der Waals surface area (Å²) in [5, 5.41) is 8.46. The van der Waals surface area contributed by atoms with Crippen molar-refractivity contribution in [3.05, 3.63) is 0 Å². The van der Waals surface area contributed by atoms with E-state index in [4.69, 9.17) is 15.7 Å². The van der Waals surface area contributed by atoms with E-state index in [1.165, 1.54) is 0 Å². The van der Waals surface area contributed by atoms with Crippen LogP contribution in [0, 0.1) is 17.2 Å². The molecular weight excluding hydrogens is 176 g/mol. The molecule has 1 aliphatic rings. The van der Waals surface area contributed by atoms with E-state index >= 15 is 0 Å². The number of nitrogens with two attached hydrogens (primary N) is 1. The van der Waals surface area contributed by atoms with Crippen LogP contribution < -0.4 is 5.73 Å². The van der Waals surface area contributed by atoms with Crippen molar-refractivity contribution in [3.8, 4) is 6.07 Å². The Hall–Kier alpha value is -0.590. The highest BCUT2D eigenvalue weighted by atomic mass is 16.5. The molecule has 1 fully saturated rings. The minimum Gasteiger partial charge on any atom is -0.381 e. The van der Waals surface area contributed by atoms with Gasteiger partial charge in [-0.05, 0) is 31.6 Å². The summed E-state index contributed by atoms with van der Waals surface area (Å²) in [6, 6.07) is 1.78. The highest BCUT2D eigenvalue weighted by Gasteiger charge is 2.14. The smallest absolute Gasteiger partial charge is 0.0928 e. The second kappa shape index (κ2) is 8.98. The predicted molar refractivity (Wildman–Crippen MR) is 59.8 cm³/mol. The fourth-order valence-electron chi connectivity index (χ4n) is 1.51. The van der Waals surface area contributed by atoms with Crippen molar-refractivity contribution in [1.29, 1.82) is 5.26 Å². The van der Waals surface area contributed by atoms with Crippen LogP contribution in [0.5, 0.6) is 0 Å². The molecule has 1 heterocycles. The standard InChI is InChI=1S/C9H16N2O.C2H6.H2/c10-7-9(11)2-1-8-3-5-12-6-4-8;1-2;/h8-9H,1-6,11H2;1-2H3;1H. The van der Waals surface area contributed by atoms with E-state index in [0.29, 0.717) is 0 Å². The molecule has 0 aliphatic carbocycles. The molecule has 1 atom stereocenters. The van der Waals surface area contributed by atoms with Crippen molar-refractivity contribution < 1.29 is 6.16 Å². The summed E-state index contributed by atoms with van der Waals surface area (Å²) in [6.07, 6.45) is 4.19. The summed E-state index contributed by atoms with van der Waals surface area (Å²) in [7, 11) is 0. The molecule has 0 aromatic rings. The van der Waals surface area contributed by atoms with Crippen LogP contribution in [0.3, 0.4) is 0 Å². The fourth-order valence-corrected chi connectivity index (χ4v) is 1.51. The van der Waals surface area contributed by atoms with E-state index in [1.807, 2.05) is 13.8 Å². The topological polar surface area (TPSA) is 59.0 Å². The molecule has 0 aromatic carbocycles. The van der Waals surface area contributed by atoms with Gasteiger partial charge in [0, 0.05) is 14.6 Å². The molecule has 0 amide bonds. The van der Waals surface area contributed by atoms with Crippen LogP contribution >= 0.6 is 0 Å². The van der Waals surface area contributed by atoms with Gasteiger partial charge in [-0.25, -0.2) is 0 Å². The van der Waals surface area contributed by atoms with Crippen LogP contribution in [0.15, 0.2) is 0 Å². The third kappa shape index (κ3) is 5.95. The maximum absolute atomic E-state index is 8.46. The molecule has 1 aliphatic heterocycles. The summed E-state index contributed by atoms with van der Waals surface area (Å²) in [4.78, 5) is 0. The van der Waals surface area contributed by atoms with Crippen LogP contribution in [0.25, 0.3) is 0 Å². The van der Waals surface area contributed by atoms with Crippen molar-refractivity contribution in [3.63, 3.8) is 0 Å². The molecule has 1 saturated heterocycles. The van der Waals surface area contributed by atoms with Gasteiger partial charge in [0.25, 0.3) is 0 Å². The van der Waals surface area contributed by atoms with Crippen LogP contribution in [-0.4, -0.2) is 19.3 Å². The van der Waals surface area contributed by atoms with Gasteiger partial charge in [-0.2, -0.15) is 5.26 Å². The minimum atomic E-state index is -0.271. The molecule has 3 nitrogen and oxygen atoms in total. The first-order chi connectivity index (χ1) is 6.83. The molecule has 14 heavy (non-hydrogen) atoms. The lowest BCUT2D eigenvalue weighted by Gasteiger charge is -2.21. The molecule has 2 N–H and O–H groups in total. The van der Waals surface area contributed by atoms with E-state index in [-0.39, 0.29) is 7.47 Å². The lowest BCUT2D eigenvalue weighted by molar-refractivity contribution is 0.0631. The molecule has 84 valence electrons. The van der Waals surface area contributed by atoms with Crippen molar-refractivity contribution in [2.75, 3.05) is 13.2 Å². The Labute approximate surface area is 88.7 Å². The number of hydrogen-bond donors (Lipinski definition) is 1. The molecular formula is C11H24N2O. The zero-order chi connectivity index (χ0) is 10.8. The molecule has 0 aromatic heterocycles. The monoisotopic (exact) mass is 200 g/mol. The van der Waals surface area contributed by atoms with Gasteiger partial charge >= 0.3 is 0 Å².